The highest BCUT2D eigenvalue weighted by molar-refractivity contribution is 6.34. The Balaban J connectivity index is 1.81. The van der Waals surface area contributed by atoms with Crippen molar-refractivity contribution in [3.05, 3.63) is 63.6 Å². The zero-order chi connectivity index (χ0) is 15.0. The Morgan fingerprint density at radius 3 is 2.52 bits per heavy atom. The van der Waals surface area contributed by atoms with Gasteiger partial charge in [-0.2, -0.15) is 0 Å². The van der Waals surface area contributed by atoms with Crippen LogP contribution in [0.25, 0.3) is 0 Å². The van der Waals surface area contributed by atoms with Crippen molar-refractivity contribution in [2.75, 3.05) is 7.11 Å². The lowest BCUT2D eigenvalue weighted by molar-refractivity contribution is 0.151. The fourth-order valence-corrected chi connectivity index (χ4v) is 3.32. The standard InChI is InChI=1S/C17H16Cl2O2/c1-21-16-9-14(18)13(8-15(16)19)17(20)12-7-11(12)10-5-3-2-4-6-10/h2-6,8-9,11-12,17,20H,7H2,1H3. The second-order valence-electron chi connectivity index (χ2n) is 5.37. The molecule has 3 atom stereocenters. The summed E-state index contributed by atoms with van der Waals surface area (Å²) in [5.41, 5.74) is 1.93. The van der Waals surface area contributed by atoms with E-state index in [2.05, 4.69) is 12.1 Å². The van der Waals surface area contributed by atoms with Crippen LogP contribution in [0.2, 0.25) is 10.0 Å². The molecule has 0 bridgehead atoms. The van der Waals surface area contributed by atoms with Crippen molar-refractivity contribution >= 4 is 23.2 Å². The summed E-state index contributed by atoms with van der Waals surface area (Å²) in [4.78, 5) is 0. The number of aliphatic hydroxyl groups is 1. The maximum atomic E-state index is 10.6. The van der Waals surface area contributed by atoms with Gasteiger partial charge in [0.25, 0.3) is 0 Å². The summed E-state index contributed by atoms with van der Waals surface area (Å²) >= 11 is 12.4. The molecule has 0 amide bonds. The first-order chi connectivity index (χ1) is 10.1. The highest BCUT2D eigenvalue weighted by atomic mass is 35.5. The number of hydrogen-bond acceptors (Lipinski definition) is 2. The van der Waals surface area contributed by atoms with E-state index in [-0.39, 0.29) is 5.92 Å². The molecule has 3 rings (SSSR count). The predicted octanol–water partition coefficient (Wildman–Crippen LogP) is 4.84. The average molecular weight is 323 g/mol. The number of ether oxygens (including phenoxy) is 1. The van der Waals surface area contributed by atoms with Crippen molar-refractivity contribution < 1.29 is 9.84 Å². The van der Waals surface area contributed by atoms with Crippen LogP contribution in [0.4, 0.5) is 0 Å². The van der Waals surface area contributed by atoms with Gasteiger partial charge in [0.05, 0.1) is 23.3 Å². The molecule has 1 fully saturated rings. The van der Waals surface area contributed by atoms with E-state index < -0.39 is 6.10 Å². The lowest BCUT2D eigenvalue weighted by Gasteiger charge is -2.15. The largest absolute Gasteiger partial charge is 0.495 e. The van der Waals surface area contributed by atoms with Gasteiger partial charge < -0.3 is 9.84 Å². The minimum atomic E-state index is -0.605. The third-order valence-electron chi connectivity index (χ3n) is 4.06. The van der Waals surface area contributed by atoms with Crippen molar-refractivity contribution in [1.82, 2.24) is 0 Å². The van der Waals surface area contributed by atoms with E-state index in [0.29, 0.717) is 27.3 Å². The summed E-state index contributed by atoms with van der Waals surface area (Å²) in [5, 5.41) is 11.5. The lowest BCUT2D eigenvalue weighted by atomic mass is 10.0. The van der Waals surface area contributed by atoms with Crippen molar-refractivity contribution in [3.8, 4) is 5.75 Å². The number of halogens is 2. The predicted molar refractivity (Wildman–Crippen MR) is 85.3 cm³/mol. The summed E-state index contributed by atoms with van der Waals surface area (Å²) < 4.78 is 5.13. The van der Waals surface area contributed by atoms with Crippen LogP contribution in [-0.4, -0.2) is 12.2 Å². The number of methoxy groups -OCH3 is 1. The topological polar surface area (TPSA) is 29.5 Å². The molecule has 1 N–H and O–H groups in total. The maximum absolute atomic E-state index is 10.6. The summed E-state index contributed by atoms with van der Waals surface area (Å²) in [5.74, 6) is 1.10. The first kappa shape index (κ1) is 14.7. The maximum Gasteiger partial charge on any atom is 0.138 e. The van der Waals surface area contributed by atoms with Crippen LogP contribution in [-0.2, 0) is 0 Å². The van der Waals surface area contributed by atoms with Gasteiger partial charge in [-0.25, -0.2) is 0 Å². The molecule has 21 heavy (non-hydrogen) atoms. The third kappa shape index (κ3) is 2.89. The van der Waals surface area contributed by atoms with Gasteiger partial charge in [0.2, 0.25) is 0 Å². The highest BCUT2D eigenvalue weighted by Gasteiger charge is 2.44. The van der Waals surface area contributed by atoms with Crippen LogP contribution in [0.5, 0.6) is 5.75 Å². The molecule has 2 aromatic rings. The second-order valence-corrected chi connectivity index (χ2v) is 6.18. The Hall–Kier alpha value is -1.22. The third-order valence-corrected chi connectivity index (χ3v) is 4.69. The van der Waals surface area contributed by atoms with E-state index in [1.54, 1.807) is 19.2 Å². The molecule has 1 aliphatic rings. The number of benzene rings is 2. The molecule has 110 valence electrons. The Morgan fingerprint density at radius 2 is 1.86 bits per heavy atom. The van der Waals surface area contributed by atoms with Crippen LogP contribution >= 0.6 is 23.2 Å². The summed E-state index contributed by atoms with van der Waals surface area (Å²) in [6.45, 7) is 0. The molecule has 1 aliphatic carbocycles. The molecule has 0 aromatic heterocycles. The molecule has 4 heteroatoms. The van der Waals surface area contributed by atoms with Gasteiger partial charge in [0.1, 0.15) is 5.75 Å². The van der Waals surface area contributed by atoms with Crippen molar-refractivity contribution in [1.29, 1.82) is 0 Å². The van der Waals surface area contributed by atoms with Crippen molar-refractivity contribution in [2.24, 2.45) is 5.92 Å². The first-order valence-corrected chi connectivity index (χ1v) is 7.63. The average Bonchev–Trinajstić information content (AvgIpc) is 3.30. The van der Waals surface area contributed by atoms with Crippen LogP contribution < -0.4 is 4.74 Å². The summed E-state index contributed by atoms with van der Waals surface area (Å²) in [7, 11) is 1.54. The normalized spacial score (nSPS) is 21.9. The molecule has 3 unspecified atom stereocenters. The number of rotatable bonds is 4. The molecule has 0 radical (unpaired) electrons. The Labute approximate surface area is 134 Å². The van der Waals surface area contributed by atoms with Gasteiger partial charge in [-0.15, -0.1) is 0 Å². The Morgan fingerprint density at radius 1 is 1.14 bits per heavy atom. The minimum absolute atomic E-state index is 0.189. The zero-order valence-corrected chi connectivity index (χ0v) is 13.1. The van der Waals surface area contributed by atoms with Crippen molar-refractivity contribution in [2.45, 2.75) is 18.4 Å². The monoisotopic (exact) mass is 322 g/mol. The van der Waals surface area contributed by atoms with E-state index in [9.17, 15) is 5.11 Å². The van der Waals surface area contributed by atoms with E-state index in [4.69, 9.17) is 27.9 Å². The van der Waals surface area contributed by atoms with Gasteiger partial charge in [-0.1, -0.05) is 53.5 Å². The van der Waals surface area contributed by atoms with Crippen LogP contribution in [0.1, 0.15) is 29.6 Å². The second kappa shape index (κ2) is 5.88. The van der Waals surface area contributed by atoms with E-state index >= 15 is 0 Å². The fourth-order valence-electron chi connectivity index (χ4n) is 2.80. The zero-order valence-electron chi connectivity index (χ0n) is 11.6. The van der Waals surface area contributed by atoms with Gasteiger partial charge in [0, 0.05) is 11.6 Å². The number of aliphatic hydroxyl groups excluding tert-OH is 1. The van der Waals surface area contributed by atoms with Gasteiger partial charge in [-0.3, -0.25) is 0 Å². The quantitative estimate of drug-likeness (QED) is 0.872. The molecular formula is C17H16Cl2O2. The lowest BCUT2D eigenvalue weighted by Crippen LogP contribution is -2.03. The van der Waals surface area contributed by atoms with E-state index in [1.165, 1.54) is 5.56 Å². The molecule has 0 spiro atoms. The summed E-state index contributed by atoms with van der Waals surface area (Å²) in [6, 6.07) is 13.6. The molecule has 0 aliphatic heterocycles. The minimum Gasteiger partial charge on any atom is -0.495 e. The molecule has 0 saturated heterocycles. The van der Waals surface area contributed by atoms with Gasteiger partial charge in [0.15, 0.2) is 0 Å². The van der Waals surface area contributed by atoms with E-state index in [1.807, 2.05) is 18.2 Å². The summed E-state index contributed by atoms with van der Waals surface area (Å²) in [6.07, 6.45) is 0.358. The highest BCUT2D eigenvalue weighted by Crippen LogP contribution is 2.55. The first-order valence-electron chi connectivity index (χ1n) is 6.87. The van der Waals surface area contributed by atoms with Crippen LogP contribution in [0.15, 0.2) is 42.5 Å². The fraction of sp³-hybridized carbons (Fsp3) is 0.294. The van der Waals surface area contributed by atoms with E-state index in [0.717, 1.165) is 6.42 Å². The van der Waals surface area contributed by atoms with Crippen LogP contribution in [0, 0.1) is 5.92 Å². The van der Waals surface area contributed by atoms with Crippen LogP contribution in [0.3, 0.4) is 0 Å². The molecule has 0 heterocycles. The molecular weight excluding hydrogens is 307 g/mol. The molecule has 1 saturated carbocycles. The van der Waals surface area contributed by atoms with Gasteiger partial charge in [-0.05, 0) is 29.9 Å². The van der Waals surface area contributed by atoms with Gasteiger partial charge >= 0.3 is 0 Å². The Kier molecular flexibility index (Phi) is 4.12. The Bertz CT molecular complexity index is 643. The molecule has 2 aromatic carbocycles. The molecule has 2 nitrogen and oxygen atoms in total. The number of hydrogen-bond donors (Lipinski definition) is 1. The SMILES string of the molecule is COc1cc(Cl)c(C(O)C2CC2c2ccccc2)cc1Cl. The van der Waals surface area contributed by atoms with Crippen molar-refractivity contribution in [3.63, 3.8) is 0 Å². The smallest absolute Gasteiger partial charge is 0.138 e.